The maximum atomic E-state index is 11.8. The summed E-state index contributed by atoms with van der Waals surface area (Å²) in [6, 6.07) is 17.1. The smallest absolute Gasteiger partial charge is 0.336 e. The van der Waals surface area contributed by atoms with E-state index in [-0.39, 0.29) is 38.2 Å². The maximum absolute atomic E-state index is 11.8. The number of hydrogen-bond donors (Lipinski definition) is 3. The van der Waals surface area contributed by atoms with Gasteiger partial charge in [0.1, 0.15) is 18.5 Å². The molecule has 0 unspecified atom stereocenters. The second-order valence-corrected chi connectivity index (χ2v) is 11.2. The quantitative estimate of drug-likeness (QED) is 0.337. The van der Waals surface area contributed by atoms with Crippen molar-refractivity contribution in [2.24, 2.45) is 0 Å². The Bertz CT molecular complexity index is 977. The highest BCUT2D eigenvalue weighted by Gasteiger charge is 2.24. The van der Waals surface area contributed by atoms with Gasteiger partial charge in [0.15, 0.2) is 0 Å². The van der Waals surface area contributed by atoms with Crippen LogP contribution in [0.2, 0.25) is 0 Å². The molecule has 2 rings (SSSR count). The molecule has 0 heterocycles. The first-order valence-corrected chi connectivity index (χ1v) is 13.4. The van der Waals surface area contributed by atoms with Crippen LogP contribution in [0, 0.1) is 0 Å². The van der Waals surface area contributed by atoms with Crippen molar-refractivity contribution < 1.29 is 27.9 Å². The molecule has 8 nitrogen and oxygen atoms in total. The zero-order valence-electron chi connectivity index (χ0n) is 21.2. The Morgan fingerprint density at radius 2 is 1.51 bits per heavy atom. The van der Waals surface area contributed by atoms with Gasteiger partial charge in [-0.2, -0.15) is 12.7 Å². The van der Waals surface area contributed by atoms with E-state index in [1.54, 1.807) is 0 Å². The topological polar surface area (TPSA) is 111 Å². The van der Waals surface area contributed by atoms with Crippen LogP contribution in [-0.4, -0.2) is 83.9 Å². The molecule has 2 aromatic carbocycles. The maximum Gasteiger partial charge on any atom is 0.336 e. The fraction of sp³-hybridized carbons (Fsp3) is 0.538. The van der Waals surface area contributed by atoms with Crippen molar-refractivity contribution in [3.63, 3.8) is 0 Å². The average Bonchev–Trinajstić information content (AvgIpc) is 2.79. The van der Waals surface area contributed by atoms with E-state index in [1.807, 2.05) is 66.4 Å². The predicted molar refractivity (Wildman–Crippen MR) is 138 cm³/mol. The van der Waals surface area contributed by atoms with Crippen molar-refractivity contribution in [2.45, 2.75) is 51.7 Å². The molecule has 2 atom stereocenters. The Labute approximate surface area is 210 Å². The molecule has 0 aliphatic heterocycles. The number of nitrogens with zero attached hydrogens (tertiary/aromatic N) is 2. The largest absolute Gasteiger partial charge is 0.491 e. The molecule has 3 N–H and O–H groups in total. The van der Waals surface area contributed by atoms with Crippen LogP contribution in [-0.2, 0) is 22.1 Å². The summed E-state index contributed by atoms with van der Waals surface area (Å²) in [5.41, 5.74) is 2.17. The van der Waals surface area contributed by atoms with Gasteiger partial charge < -0.3 is 14.9 Å². The summed E-state index contributed by atoms with van der Waals surface area (Å²) in [5, 5.41) is 21.0. The molecule has 0 bridgehead atoms. The highest BCUT2D eigenvalue weighted by Crippen LogP contribution is 2.24. The molecule has 0 spiro atoms. The van der Waals surface area contributed by atoms with Crippen LogP contribution in [0.5, 0.6) is 5.75 Å². The minimum absolute atomic E-state index is 0.0486. The van der Waals surface area contributed by atoms with E-state index in [0.717, 1.165) is 9.87 Å². The van der Waals surface area contributed by atoms with Gasteiger partial charge in [0.05, 0.1) is 6.10 Å². The van der Waals surface area contributed by atoms with Gasteiger partial charge in [-0.15, -0.1) is 0 Å². The van der Waals surface area contributed by atoms with Gasteiger partial charge in [-0.1, -0.05) is 70.2 Å². The fourth-order valence-corrected chi connectivity index (χ4v) is 4.40. The zero-order valence-corrected chi connectivity index (χ0v) is 22.0. The van der Waals surface area contributed by atoms with E-state index in [4.69, 9.17) is 4.74 Å². The number of rotatable bonds is 14. The van der Waals surface area contributed by atoms with Crippen molar-refractivity contribution in [1.29, 1.82) is 0 Å². The van der Waals surface area contributed by atoms with Crippen LogP contribution < -0.4 is 4.74 Å². The summed E-state index contributed by atoms with van der Waals surface area (Å²) in [6.45, 7) is 9.15. The van der Waals surface area contributed by atoms with Crippen LogP contribution in [0.4, 0.5) is 0 Å². The van der Waals surface area contributed by atoms with Crippen molar-refractivity contribution in [2.75, 3.05) is 39.3 Å². The Morgan fingerprint density at radius 3 is 2.06 bits per heavy atom. The molecule has 35 heavy (non-hydrogen) atoms. The third kappa shape index (κ3) is 10.6. The molecule has 0 radical (unpaired) electrons. The second-order valence-electron chi connectivity index (χ2n) is 9.82. The second kappa shape index (κ2) is 13.3. The van der Waals surface area contributed by atoms with Gasteiger partial charge in [0, 0.05) is 26.2 Å². The van der Waals surface area contributed by atoms with Crippen LogP contribution in [0.3, 0.4) is 0 Å². The van der Waals surface area contributed by atoms with Crippen molar-refractivity contribution in [3.8, 4) is 5.75 Å². The van der Waals surface area contributed by atoms with Crippen molar-refractivity contribution in [1.82, 2.24) is 9.21 Å². The van der Waals surface area contributed by atoms with Crippen LogP contribution >= 0.6 is 0 Å². The molecule has 196 valence electrons. The highest BCUT2D eigenvalue weighted by molar-refractivity contribution is 7.83. The van der Waals surface area contributed by atoms with E-state index < -0.39 is 22.5 Å². The molecule has 0 aliphatic carbocycles. The Kier molecular flexibility index (Phi) is 11.1. The van der Waals surface area contributed by atoms with Gasteiger partial charge in [-0.25, -0.2) is 0 Å². The fourth-order valence-electron chi connectivity index (χ4n) is 3.72. The molecule has 0 amide bonds. The van der Waals surface area contributed by atoms with E-state index in [2.05, 4.69) is 20.8 Å². The zero-order chi connectivity index (χ0) is 26.1. The standard InChI is InChI=1S/C26H40N2O6S/c1-5-27(18-24(30)20-34-25-13-11-22(12-14-25)26(2,3)4)17-23(29)19-28(35(31,32)33)16-15-21-9-7-6-8-10-21/h6-14,23-24,29-30H,5,15-20H2,1-4H3,(H,31,32,33)/t23-,24+/m1/s1. The lowest BCUT2D eigenvalue weighted by atomic mass is 9.87. The molecule has 2 aromatic rings. The highest BCUT2D eigenvalue weighted by atomic mass is 32.2. The van der Waals surface area contributed by atoms with Gasteiger partial charge >= 0.3 is 10.3 Å². The van der Waals surface area contributed by atoms with Crippen LogP contribution in [0.25, 0.3) is 0 Å². The average molecular weight is 509 g/mol. The van der Waals surface area contributed by atoms with Gasteiger partial charge in [-0.05, 0) is 41.6 Å². The lowest BCUT2D eigenvalue weighted by Gasteiger charge is -2.28. The van der Waals surface area contributed by atoms with Gasteiger partial charge in [-0.3, -0.25) is 9.45 Å². The monoisotopic (exact) mass is 508 g/mol. The first-order valence-electron chi connectivity index (χ1n) is 12.0. The van der Waals surface area contributed by atoms with E-state index >= 15 is 0 Å². The molecule has 0 fully saturated rings. The SMILES string of the molecule is CCN(C[C@H](O)COc1ccc(C(C)(C)C)cc1)C[C@@H](O)CN(CCc1ccccc1)S(=O)(=O)O. The molecule has 0 aromatic heterocycles. The number of aliphatic hydroxyl groups is 2. The van der Waals surface area contributed by atoms with Crippen LogP contribution in [0.1, 0.15) is 38.8 Å². The van der Waals surface area contributed by atoms with E-state index in [1.165, 1.54) is 5.56 Å². The summed E-state index contributed by atoms with van der Waals surface area (Å²) < 4.78 is 39.8. The lowest BCUT2D eigenvalue weighted by Crippen LogP contribution is -2.45. The third-order valence-electron chi connectivity index (χ3n) is 5.78. The first kappa shape index (κ1) is 29.2. The lowest BCUT2D eigenvalue weighted by molar-refractivity contribution is 0.0427. The minimum Gasteiger partial charge on any atom is -0.491 e. The summed E-state index contributed by atoms with van der Waals surface area (Å²) in [4.78, 5) is 1.82. The van der Waals surface area contributed by atoms with E-state index in [9.17, 15) is 23.2 Å². The normalized spacial score (nSPS) is 14.3. The minimum atomic E-state index is -4.46. The molecule has 0 saturated carbocycles. The Balaban J connectivity index is 1.84. The molecular formula is C26H40N2O6S. The summed E-state index contributed by atoms with van der Waals surface area (Å²) in [5.74, 6) is 0.669. The molecular weight excluding hydrogens is 468 g/mol. The summed E-state index contributed by atoms with van der Waals surface area (Å²) in [6.07, 6.45) is -1.41. The molecule has 0 aliphatic rings. The first-order chi connectivity index (χ1) is 16.4. The third-order valence-corrected chi connectivity index (χ3v) is 6.77. The number of aliphatic hydroxyl groups excluding tert-OH is 2. The number of hydrogen-bond acceptors (Lipinski definition) is 6. The van der Waals surface area contributed by atoms with Crippen molar-refractivity contribution in [3.05, 3.63) is 65.7 Å². The molecule has 0 saturated heterocycles. The summed E-state index contributed by atoms with van der Waals surface area (Å²) >= 11 is 0. The van der Waals surface area contributed by atoms with Gasteiger partial charge in [0.25, 0.3) is 0 Å². The Morgan fingerprint density at radius 1 is 0.914 bits per heavy atom. The van der Waals surface area contributed by atoms with E-state index in [0.29, 0.717) is 18.7 Å². The van der Waals surface area contributed by atoms with Crippen LogP contribution in [0.15, 0.2) is 54.6 Å². The Hall–Kier alpha value is -2.01. The van der Waals surface area contributed by atoms with Gasteiger partial charge in [0.2, 0.25) is 0 Å². The number of likely N-dealkylation sites (N-methyl/N-ethyl adjacent to an activating group) is 1. The number of ether oxygens (including phenoxy) is 1. The number of benzene rings is 2. The van der Waals surface area contributed by atoms with Crippen molar-refractivity contribution >= 4 is 10.3 Å². The molecule has 9 heteroatoms. The predicted octanol–water partition coefficient (Wildman–Crippen LogP) is 2.75. The summed E-state index contributed by atoms with van der Waals surface area (Å²) in [7, 11) is -4.46.